The number of carbonyl (C=O) groups is 2. The minimum Gasteiger partial charge on any atom is -0.507 e. The number of hydrogen-bond acceptors (Lipinski definition) is 4. The number of hydrogen-bond donors (Lipinski definition) is 3. The summed E-state index contributed by atoms with van der Waals surface area (Å²) >= 11 is 0. The Morgan fingerprint density at radius 2 is 2.08 bits per heavy atom. The molecule has 24 heavy (non-hydrogen) atoms. The predicted molar refractivity (Wildman–Crippen MR) is 93.6 cm³/mol. The molecule has 0 bridgehead atoms. The van der Waals surface area contributed by atoms with Gasteiger partial charge in [0.1, 0.15) is 11.8 Å². The smallest absolute Gasteiger partial charge is 0.258 e. The molecule has 1 aromatic rings. The van der Waals surface area contributed by atoms with Crippen molar-refractivity contribution < 1.29 is 14.7 Å². The zero-order valence-electron chi connectivity index (χ0n) is 14.6. The molecule has 2 atom stereocenters. The van der Waals surface area contributed by atoms with Gasteiger partial charge in [-0.2, -0.15) is 0 Å². The molecule has 6 nitrogen and oxygen atoms in total. The molecule has 0 spiro atoms. The van der Waals surface area contributed by atoms with Crippen molar-refractivity contribution >= 4 is 17.5 Å². The first-order valence-corrected chi connectivity index (χ1v) is 8.49. The monoisotopic (exact) mass is 333 g/mol. The van der Waals surface area contributed by atoms with E-state index in [2.05, 4.69) is 19.2 Å². The van der Waals surface area contributed by atoms with E-state index in [9.17, 15) is 14.7 Å². The molecule has 4 N–H and O–H groups in total. The summed E-state index contributed by atoms with van der Waals surface area (Å²) in [5.41, 5.74) is 6.26. The summed E-state index contributed by atoms with van der Waals surface area (Å²) in [6.07, 6.45) is 2.29. The van der Waals surface area contributed by atoms with Crippen molar-refractivity contribution in [3.63, 3.8) is 0 Å². The van der Waals surface area contributed by atoms with Crippen LogP contribution in [-0.4, -0.2) is 40.4 Å². The van der Waals surface area contributed by atoms with Crippen LogP contribution in [-0.2, 0) is 4.79 Å². The first kappa shape index (κ1) is 18.1. The van der Waals surface area contributed by atoms with Gasteiger partial charge in [0, 0.05) is 18.3 Å². The van der Waals surface area contributed by atoms with Gasteiger partial charge in [0.25, 0.3) is 5.91 Å². The van der Waals surface area contributed by atoms with Crippen LogP contribution in [0.2, 0.25) is 0 Å². The number of nitrogens with zero attached hydrogens (tertiary/aromatic N) is 1. The molecule has 132 valence electrons. The van der Waals surface area contributed by atoms with Crippen LogP contribution in [0, 0.1) is 5.92 Å². The Labute approximate surface area is 143 Å². The lowest BCUT2D eigenvalue weighted by molar-refractivity contribution is -0.125. The van der Waals surface area contributed by atoms with Gasteiger partial charge in [-0.3, -0.25) is 9.59 Å². The molecule has 1 aromatic carbocycles. The number of nitrogens with one attached hydrogen (secondary N) is 1. The van der Waals surface area contributed by atoms with Crippen LogP contribution in [0.1, 0.15) is 50.4 Å². The van der Waals surface area contributed by atoms with Crippen LogP contribution in [0.4, 0.5) is 5.69 Å². The van der Waals surface area contributed by atoms with E-state index in [1.54, 1.807) is 0 Å². The molecule has 0 aromatic heterocycles. The van der Waals surface area contributed by atoms with Crippen molar-refractivity contribution in [3.8, 4) is 5.75 Å². The van der Waals surface area contributed by atoms with Crippen LogP contribution in [0.3, 0.4) is 0 Å². The van der Waals surface area contributed by atoms with Gasteiger partial charge in [-0.05, 0) is 50.3 Å². The van der Waals surface area contributed by atoms with Crippen molar-refractivity contribution in [3.05, 3.63) is 23.8 Å². The highest BCUT2D eigenvalue weighted by atomic mass is 16.3. The molecule has 0 unspecified atom stereocenters. The fourth-order valence-corrected chi connectivity index (χ4v) is 3.27. The number of nitrogens with two attached hydrogens (primary N) is 1. The average Bonchev–Trinajstić information content (AvgIpc) is 2.97. The Bertz CT molecular complexity index is 616. The van der Waals surface area contributed by atoms with Crippen molar-refractivity contribution in [1.29, 1.82) is 0 Å². The van der Waals surface area contributed by atoms with E-state index in [0.29, 0.717) is 24.6 Å². The molecular formula is C18H27N3O3. The van der Waals surface area contributed by atoms with Gasteiger partial charge in [0.05, 0.1) is 5.56 Å². The number of carbonyl (C=O) groups excluding carboxylic acids is 2. The molecular weight excluding hydrogens is 306 g/mol. The second-order valence-corrected chi connectivity index (χ2v) is 6.97. The number of benzene rings is 1. The molecule has 1 fully saturated rings. The molecule has 2 rings (SSSR count). The highest BCUT2D eigenvalue weighted by Crippen LogP contribution is 2.26. The van der Waals surface area contributed by atoms with Crippen molar-refractivity contribution in [2.45, 2.75) is 52.1 Å². The third-order valence-electron chi connectivity index (χ3n) is 4.28. The molecule has 2 amide bonds. The van der Waals surface area contributed by atoms with Gasteiger partial charge in [0.2, 0.25) is 5.91 Å². The third-order valence-corrected chi connectivity index (χ3v) is 4.28. The SMILES string of the molecule is CC(C)C[C@@H](C)NC(=O)[C@@H]1CCCN1C(=O)c1cc(N)ccc1O. The lowest BCUT2D eigenvalue weighted by atomic mass is 10.0. The zero-order valence-corrected chi connectivity index (χ0v) is 14.6. The van der Waals surface area contributed by atoms with E-state index in [4.69, 9.17) is 5.73 Å². The highest BCUT2D eigenvalue weighted by molar-refractivity contribution is 6.00. The standard InChI is InChI=1S/C18H27N3O3/c1-11(2)9-12(3)20-17(23)15-5-4-8-21(15)18(24)14-10-13(19)6-7-16(14)22/h6-7,10-12,15,22H,4-5,8-9,19H2,1-3H3,(H,20,23)/t12-,15+/m1/s1. The van der Waals surface area contributed by atoms with Crippen LogP contribution in [0.25, 0.3) is 0 Å². The molecule has 1 aliphatic heterocycles. The molecule has 0 saturated carbocycles. The van der Waals surface area contributed by atoms with Gasteiger partial charge in [-0.25, -0.2) is 0 Å². The second kappa shape index (κ2) is 7.55. The van der Waals surface area contributed by atoms with Crippen molar-refractivity contribution in [2.24, 2.45) is 5.92 Å². The van der Waals surface area contributed by atoms with Crippen molar-refractivity contribution in [1.82, 2.24) is 10.2 Å². The maximum atomic E-state index is 12.7. The Kier molecular flexibility index (Phi) is 5.70. The summed E-state index contributed by atoms with van der Waals surface area (Å²) in [5, 5.41) is 12.9. The Hall–Kier alpha value is -2.24. The molecule has 1 heterocycles. The highest BCUT2D eigenvalue weighted by Gasteiger charge is 2.35. The number of phenols is 1. The molecule has 0 aliphatic carbocycles. The topological polar surface area (TPSA) is 95.7 Å². The van der Waals surface area contributed by atoms with E-state index >= 15 is 0 Å². The normalized spacial score (nSPS) is 18.7. The lowest BCUT2D eigenvalue weighted by Gasteiger charge is -2.26. The van der Waals surface area contributed by atoms with Gasteiger partial charge >= 0.3 is 0 Å². The first-order chi connectivity index (χ1) is 11.3. The number of likely N-dealkylation sites (tertiary alicyclic amines) is 1. The summed E-state index contributed by atoms with van der Waals surface area (Å²) in [5.74, 6) is -0.106. The number of phenolic OH excluding ortho intramolecular Hbond substituents is 1. The summed E-state index contributed by atoms with van der Waals surface area (Å²) in [6.45, 7) is 6.69. The Morgan fingerprint density at radius 3 is 2.75 bits per heavy atom. The quantitative estimate of drug-likeness (QED) is 0.568. The summed E-state index contributed by atoms with van der Waals surface area (Å²) in [4.78, 5) is 26.8. The second-order valence-electron chi connectivity index (χ2n) is 6.97. The number of aromatic hydroxyl groups is 1. The zero-order chi connectivity index (χ0) is 17.9. The summed E-state index contributed by atoms with van der Waals surface area (Å²) in [6, 6.07) is 3.96. The van der Waals surface area contributed by atoms with Gasteiger partial charge in [0.15, 0.2) is 0 Å². The van der Waals surface area contributed by atoms with E-state index in [-0.39, 0.29) is 29.2 Å². The third kappa shape index (κ3) is 4.19. The summed E-state index contributed by atoms with van der Waals surface area (Å²) in [7, 11) is 0. The van der Waals surface area contributed by atoms with Gasteiger partial charge in [-0.1, -0.05) is 13.8 Å². The Morgan fingerprint density at radius 1 is 1.38 bits per heavy atom. The van der Waals surface area contributed by atoms with Crippen LogP contribution < -0.4 is 11.1 Å². The maximum Gasteiger partial charge on any atom is 0.258 e. The number of anilines is 1. The molecule has 0 radical (unpaired) electrons. The van der Waals surface area contributed by atoms with Gasteiger partial charge < -0.3 is 21.1 Å². The molecule has 1 saturated heterocycles. The van der Waals surface area contributed by atoms with Crippen LogP contribution in [0.15, 0.2) is 18.2 Å². The van der Waals surface area contributed by atoms with Crippen LogP contribution >= 0.6 is 0 Å². The minimum atomic E-state index is -0.493. The van der Waals surface area contributed by atoms with Crippen molar-refractivity contribution in [2.75, 3.05) is 12.3 Å². The van der Waals surface area contributed by atoms with Crippen LogP contribution in [0.5, 0.6) is 5.75 Å². The number of nitrogen functional groups attached to an aromatic ring is 1. The Balaban J connectivity index is 2.10. The number of rotatable bonds is 5. The largest absolute Gasteiger partial charge is 0.507 e. The first-order valence-electron chi connectivity index (χ1n) is 8.49. The fourth-order valence-electron chi connectivity index (χ4n) is 3.27. The molecule has 1 aliphatic rings. The van der Waals surface area contributed by atoms with E-state index in [0.717, 1.165) is 12.8 Å². The van der Waals surface area contributed by atoms with Gasteiger partial charge in [-0.15, -0.1) is 0 Å². The average molecular weight is 333 g/mol. The summed E-state index contributed by atoms with van der Waals surface area (Å²) < 4.78 is 0. The minimum absolute atomic E-state index is 0.0656. The maximum absolute atomic E-state index is 12.7. The van der Waals surface area contributed by atoms with E-state index < -0.39 is 6.04 Å². The fraction of sp³-hybridized carbons (Fsp3) is 0.556. The number of amides is 2. The molecule has 6 heteroatoms. The predicted octanol–water partition coefficient (Wildman–Crippen LogP) is 2.13. The van der Waals surface area contributed by atoms with E-state index in [1.165, 1.54) is 23.1 Å². The van der Waals surface area contributed by atoms with E-state index in [1.807, 2.05) is 6.92 Å². The lowest BCUT2D eigenvalue weighted by Crippen LogP contribution is -2.48.